The topological polar surface area (TPSA) is 78.9 Å². The maximum atomic E-state index is 14.6. The molecule has 1 aromatic carbocycles. The average Bonchev–Trinajstić information content (AvgIpc) is 3.34. The number of nitrogens with two attached hydrogens (primary N) is 1. The number of benzene rings is 1. The number of anilines is 1. The molecule has 4 rings (SSSR count). The molecule has 1 unspecified atom stereocenters. The Hall–Kier alpha value is -3.50. The van der Waals surface area contributed by atoms with Crippen LogP contribution >= 0.6 is 11.6 Å². The second-order valence-electron chi connectivity index (χ2n) is 7.59. The van der Waals surface area contributed by atoms with Gasteiger partial charge in [0.25, 0.3) is 0 Å². The van der Waals surface area contributed by atoms with Crippen LogP contribution in [-0.4, -0.2) is 33.4 Å². The van der Waals surface area contributed by atoms with Gasteiger partial charge >= 0.3 is 6.18 Å². The highest BCUT2D eigenvalue weighted by Gasteiger charge is 2.32. The van der Waals surface area contributed by atoms with Gasteiger partial charge in [-0.3, -0.25) is 14.6 Å². The highest BCUT2D eigenvalue weighted by atomic mass is 35.5. The Morgan fingerprint density at radius 2 is 1.94 bits per heavy atom. The van der Waals surface area contributed by atoms with Crippen molar-refractivity contribution in [3.05, 3.63) is 83.4 Å². The summed E-state index contributed by atoms with van der Waals surface area (Å²) in [5.41, 5.74) is 6.53. The molecule has 0 aliphatic carbocycles. The molecule has 3 aromatic heterocycles. The molecule has 0 saturated carbocycles. The molecule has 1 atom stereocenters. The van der Waals surface area contributed by atoms with Gasteiger partial charge in [0.15, 0.2) is 5.82 Å². The summed E-state index contributed by atoms with van der Waals surface area (Å²) in [4.78, 5) is 7.77. The summed E-state index contributed by atoms with van der Waals surface area (Å²) in [6.07, 6.45) is 0.838. The van der Waals surface area contributed by atoms with Gasteiger partial charge in [-0.1, -0.05) is 17.7 Å². The van der Waals surface area contributed by atoms with Gasteiger partial charge in [-0.15, -0.1) is 0 Å². The number of hydrogen-bond acceptors (Lipinski definition) is 5. The van der Waals surface area contributed by atoms with Crippen molar-refractivity contribution < 1.29 is 26.4 Å². The van der Waals surface area contributed by atoms with Crippen LogP contribution < -0.4 is 5.73 Å². The number of hydrogen-bond donors (Lipinski definition) is 1. The number of rotatable bonds is 7. The van der Waals surface area contributed by atoms with Gasteiger partial charge < -0.3 is 10.5 Å². The Labute approximate surface area is 207 Å². The van der Waals surface area contributed by atoms with Crippen LogP contribution in [0, 0.1) is 5.82 Å². The molecule has 6 nitrogen and oxygen atoms in total. The van der Waals surface area contributed by atoms with Crippen LogP contribution in [0.15, 0.2) is 61.2 Å². The van der Waals surface area contributed by atoms with Crippen molar-refractivity contribution in [2.24, 2.45) is 0 Å². The van der Waals surface area contributed by atoms with Crippen LogP contribution in [0.2, 0.25) is 5.02 Å². The van der Waals surface area contributed by atoms with Crippen LogP contribution in [-0.2, 0) is 10.9 Å². The third-order valence-electron chi connectivity index (χ3n) is 5.34. The first-order chi connectivity index (χ1) is 17.8. The molecule has 0 fully saturated rings. The highest BCUT2D eigenvalue weighted by molar-refractivity contribution is 6.31. The smallest absolute Gasteiger partial charge is 0.398 e. The van der Waals surface area contributed by atoms with Gasteiger partial charge in [-0.05, 0) is 42.3 Å². The molecule has 182 valence electrons. The molecule has 35 heavy (non-hydrogen) atoms. The van der Waals surface area contributed by atoms with Crippen LogP contribution in [0.5, 0.6) is 0 Å². The fraction of sp³-hybridized carbons (Fsp3) is 0.208. The molecule has 2 N–H and O–H groups in total. The maximum Gasteiger partial charge on any atom is 0.433 e. The monoisotopic (exact) mass is 508 g/mol. The number of pyridine rings is 2. The fourth-order valence-electron chi connectivity index (χ4n) is 3.62. The van der Waals surface area contributed by atoms with E-state index >= 15 is 0 Å². The molecule has 0 aliphatic rings. The second kappa shape index (κ2) is 10.0. The van der Waals surface area contributed by atoms with Crippen molar-refractivity contribution >= 4 is 17.3 Å². The normalized spacial score (nSPS) is 14.3. The van der Waals surface area contributed by atoms with E-state index in [1.807, 2.05) is 0 Å². The van der Waals surface area contributed by atoms with Crippen molar-refractivity contribution in [1.82, 2.24) is 19.7 Å². The lowest BCUT2D eigenvalue weighted by atomic mass is 10.0. The standard InChI is InChI=1S/C24H20ClF4N5O/c1-35-9-7-20(19-5-2-15(11-32-19)22-18(30)4-3-17(25)23(22)26)34-13-16(12-33-34)14-6-8-31-21(10-14)24(27,28)29/h2-6,8,10-13,20H,7,9,30H2,1H3/i1D3. The summed E-state index contributed by atoms with van der Waals surface area (Å²) in [5.74, 6) is -0.698. The summed E-state index contributed by atoms with van der Waals surface area (Å²) < 4.78 is 82.1. The summed E-state index contributed by atoms with van der Waals surface area (Å²) >= 11 is 5.89. The van der Waals surface area contributed by atoms with Crippen molar-refractivity contribution in [3.63, 3.8) is 0 Å². The molecule has 0 aliphatic heterocycles. The van der Waals surface area contributed by atoms with Gasteiger partial charge in [-0.2, -0.15) is 18.3 Å². The number of alkyl halides is 3. The lowest BCUT2D eigenvalue weighted by molar-refractivity contribution is -0.141. The summed E-state index contributed by atoms with van der Waals surface area (Å²) in [6, 6.07) is 7.64. The molecule has 0 saturated heterocycles. The molecule has 11 heteroatoms. The minimum atomic E-state index is -4.61. The molecule has 0 spiro atoms. The van der Waals surface area contributed by atoms with Crippen LogP contribution in [0.25, 0.3) is 22.3 Å². The Bertz CT molecular complexity index is 1430. The van der Waals surface area contributed by atoms with E-state index < -0.39 is 30.8 Å². The second-order valence-corrected chi connectivity index (χ2v) is 7.99. The zero-order valence-corrected chi connectivity index (χ0v) is 18.7. The molecule has 0 radical (unpaired) electrons. The predicted molar refractivity (Wildman–Crippen MR) is 124 cm³/mol. The van der Waals surface area contributed by atoms with E-state index in [2.05, 4.69) is 15.1 Å². The number of nitrogens with zero attached hydrogens (tertiary/aromatic N) is 4. The largest absolute Gasteiger partial charge is 0.433 e. The van der Waals surface area contributed by atoms with Gasteiger partial charge in [0.05, 0.1) is 27.1 Å². The van der Waals surface area contributed by atoms with E-state index in [1.54, 1.807) is 12.1 Å². The Morgan fingerprint density at radius 1 is 1.11 bits per heavy atom. The average molecular weight is 509 g/mol. The number of halogens is 5. The third kappa shape index (κ3) is 5.28. The maximum absolute atomic E-state index is 14.6. The predicted octanol–water partition coefficient (Wildman–Crippen LogP) is 6.03. The van der Waals surface area contributed by atoms with Crippen molar-refractivity contribution in [3.8, 4) is 22.3 Å². The Balaban J connectivity index is 1.67. The molecule has 0 amide bonds. The lowest BCUT2D eigenvalue weighted by Crippen LogP contribution is -2.15. The molecule has 4 aromatic rings. The van der Waals surface area contributed by atoms with Crippen molar-refractivity contribution in [2.75, 3.05) is 19.4 Å². The van der Waals surface area contributed by atoms with Crippen molar-refractivity contribution in [2.45, 2.75) is 18.6 Å². The van der Waals surface area contributed by atoms with E-state index in [0.29, 0.717) is 16.8 Å². The van der Waals surface area contributed by atoms with Gasteiger partial charge in [-0.25, -0.2) is 4.39 Å². The zero-order valence-electron chi connectivity index (χ0n) is 20.9. The summed E-state index contributed by atoms with van der Waals surface area (Å²) in [7, 11) is -2.62. The molecule has 3 heterocycles. The lowest BCUT2D eigenvalue weighted by Gasteiger charge is -2.17. The quantitative estimate of drug-likeness (QED) is 0.244. The minimum Gasteiger partial charge on any atom is -0.398 e. The first-order valence-electron chi connectivity index (χ1n) is 11.7. The van der Waals surface area contributed by atoms with E-state index in [1.165, 1.54) is 41.5 Å². The summed E-state index contributed by atoms with van der Waals surface area (Å²) in [6.45, 7) is -0.191. The molecular weight excluding hydrogens is 486 g/mol. The van der Waals surface area contributed by atoms with E-state index in [0.717, 1.165) is 12.3 Å². The number of nitrogen functional groups attached to an aromatic ring is 1. The van der Waals surface area contributed by atoms with E-state index in [9.17, 15) is 17.6 Å². The number of ether oxygens (including phenoxy) is 1. The molecular formula is C24H20ClF4N5O. The van der Waals surface area contributed by atoms with Crippen molar-refractivity contribution in [1.29, 1.82) is 0 Å². The van der Waals surface area contributed by atoms with Gasteiger partial charge in [0.1, 0.15) is 5.69 Å². The minimum absolute atomic E-state index is 0.0818. The van der Waals surface area contributed by atoms with Crippen LogP contribution in [0.4, 0.5) is 23.2 Å². The first kappa shape index (κ1) is 20.8. The third-order valence-corrected chi connectivity index (χ3v) is 5.63. The first-order valence-corrected chi connectivity index (χ1v) is 10.6. The zero-order chi connectivity index (χ0) is 27.7. The molecule has 0 bridgehead atoms. The Morgan fingerprint density at radius 3 is 2.66 bits per heavy atom. The van der Waals surface area contributed by atoms with Gasteiger partial charge in [0.2, 0.25) is 0 Å². The van der Waals surface area contributed by atoms with Crippen LogP contribution in [0.1, 0.15) is 28.0 Å². The fourth-order valence-corrected chi connectivity index (χ4v) is 3.78. The Kier molecular flexibility index (Phi) is 5.96. The number of methoxy groups -OCH3 is 1. The van der Waals surface area contributed by atoms with E-state index in [4.69, 9.17) is 26.2 Å². The number of aromatic nitrogens is 4. The SMILES string of the molecule is [2H]C([2H])([2H])OCCC(c1ccc(-c2c(N)ccc(Cl)c2F)cn1)n1cc(-c2ccnc(C(F)(F)F)c2)cn1. The van der Waals surface area contributed by atoms with Gasteiger partial charge in [0, 0.05) is 54.6 Å². The summed E-state index contributed by atoms with van der Waals surface area (Å²) in [5, 5.41) is 4.17. The van der Waals surface area contributed by atoms with Crippen LogP contribution in [0.3, 0.4) is 0 Å². The highest BCUT2D eigenvalue weighted by Crippen LogP contribution is 2.34. The van der Waals surface area contributed by atoms with E-state index in [-0.39, 0.29) is 34.9 Å².